The molecule has 1 atom stereocenters. The molecule has 0 bridgehead atoms. The molecule has 1 fully saturated rings. The number of carbonyl (C=O) groups excluding carboxylic acids is 1. The molecule has 70 valence electrons. The van der Waals surface area contributed by atoms with Crippen molar-refractivity contribution in [2.24, 2.45) is 5.73 Å². The molecule has 1 amide bonds. The molecule has 0 spiro atoms. The van der Waals surface area contributed by atoms with Gasteiger partial charge in [-0.2, -0.15) is 0 Å². The van der Waals surface area contributed by atoms with Gasteiger partial charge in [-0.1, -0.05) is 0 Å². The van der Waals surface area contributed by atoms with E-state index in [4.69, 9.17) is 10.5 Å². The number of rotatable bonds is 3. The second-order valence-corrected chi connectivity index (χ2v) is 3.03. The van der Waals surface area contributed by atoms with E-state index in [1.165, 1.54) is 0 Å². The van der Waals surface area contributed by atoms with Crippen LogP contribution in [0.3, 0.4) is 0 Å². The van der Waals surface area contributed by atoms with Gasteiger partial charge in [0.15, 0.2) is 0 Å². The molecule has 4 nitrogen and oxygen atoms in total. The van der Waals surface area contributed by atoms with Gasteiger partial charge in [0.2, 0.25) is 5.91 Å². The number of amides is 1. The number of hydrogen-bond acceptors (Lipinski definition) is 3. The van der Waals surface area contributed by atoms with Gasteiger partial charge in [-0.15, -0.1) is 0 Å². The van der Waals surface area contributed by atoms with Crippen LogP contribution in [0.2, 0.25) is 0 Å². The lowest BCUT2D eigenvalue weighted by Gasteiger charge is -2.14. The van der Waals surface area contributed by atoms with E-state index >= 15 is 0 Å². The van der Waals surface area contributed by atoms with Crippen molar-refractivity contribution in [3.63, 3.8) is 0 Å². The van der Waals surface area contributed by atoms with Gasteiger partial charge in [0.05, 0.1) is 0 Å². The molecule has 1 aliphatic rings. The Morgan fingerprint density at radius 3 is 3.00 bits per heavy atom. The monoisotopic (exact) mass is 172 g/mol. The average molecular weight is 172 g/mol. The van der Waals surface area contributed by atoms with Crippen molar-refractivity contribution in [3.8, 4) is 0 Å². The van der Waals surface area contributed by atoms with Crippen molar-refractivity contribution in [2.75, 3.05) is 26.3 Å². The highest BCUT2D eigenvalue weighted by Gasteiger charge is 2.22. The van der Waals surface area contributed by atoms with Gasteiger partial charge < -0.3 is 15.4 Å². The molecule has 2 N–H and O–H groups in total. The summed E-state index contributed by atoms with van der Waals surface area (Å²) in [5, 5.41) is 0. The van der Waals surface area contributed by atoms with Crippen molar-refractivity contribution in [2.45, 2.75) is 19.4 Å². The van der Waals surface area contributed by atoms with Crippen LogP contribution in [-0.4, -0.2) is 43.2 Å². The Kier molecular flexibility index (Phi) is 3.49. The van der Waals surface area contributed by atoms with Crippen molar-refractivity contribution in [3.05, 3.63) is 0 Å². The number of nitrogens with zero attached hydrogens (tertiary/aromatic N) is 1. The van der Waals surface area contributed by atoms with Gasteiger partial charge in [-0.25, -0.2) is 0 Å². The minimum atomic E-state index is 0.0600. The van der Waals surface area contributed by atoms with E-state index in [-0.39, 0.29) is 18.6 Å². The third-order valence-corrected chi connectivity index (χ3v) is 2.01. The second-order valence-electron chi connectivity index (χ2n) is 3.03. The van der Waals surface area contributed by atoms with Gasteiger partial charge in [-0.3, -0.25) is 4.79 Å². The fraction of sp³-hybridized carbons (Fsp3) is 0.875. The molecule has 0 aromatic rings. The lowest BCUT2D eigenvalue weighted by molar-refractivity contribution is -0.134. The predicted octanol–water partition coefficient (Wildman–Crippen LogP) is -0.417. The highest BCUT2D eigenvalue weighted by Crippen LogP contribution is 2.06. The van der Waals surface area contributed by atoms with Crippen molar-refractivity contribution in [1.29, 1.82) is 0 Å². The summed E-state index contributed by atoms with van der Waals surface area (Å²) >= 11 is 0. The quantitative estimate of drug-likeness (QED) is 0.629. The Bertz CT molecular complexity index is 161. The van der Waals surface area contributed by atoms with Gasteiger partial charge in [-0.05, 0) is 13.3 Å². The molecule has 0 aromatic carbocycles. The molecular formula is C8H16N2O2. The van der Waals surface area contributed by atoms with E-state index < -0.39 is 0 Å². The summed E-state index contributed by atoms with van der Waals surface area (Å²) < 4.78 is 5.01. The Labute approximate surface area is 72.7 Å². The highest BCUT2D eigenvalue weighted by molar-refractivity contribution is 5.77. The number of carbonyl (C=O) groups is 1. The summed E-state index contributed by atoms with van der Waals surface area (Å²) in [5.41, 5.74) is 5.66. The van der Waals surface area contributed by atoms with Crippen LogP contribution in [0, 0.1) is 0 Å². The summed E-state index contributed by atoms with van der Waals surface area (Å²) in [5.74, 6) is 0.0600. The maximum Gasteiger partial charge on any atom is 0.248 e. The van der Waals surface area contributed by atoms with E-state index in [0.717, 1.165) is 13.0 Å². The van der Waals surface area contributed by atoms with Crippen LogP contribution in [0.5, 0.6) is 0 Å². The lowest BCUT2D eigenvalue weighted by atomic mass is 10.3. The maximum atomic E-state index is 11.3. The Morgan fingerprint density at radius 2 is 2.50 bits per heavy atom. The molecule has 0 aliphatic carbocycles. The molecule has 1 aliphatic heterocycles. The smallest absolute Gasteiger partial charge is 0.248 e. The number of hydrogen-bond donors (Lipinski definition) is 1. The van der Waals surface area contributed by atoms with E-state index in [0.29, 0.717) is 13.2 Å². The Hall–Kier alpha value is -0.610. The molecule has 0 unspecified atom stereocenters. The molecule has 1 heterocycles. The van der Waals surface area contributed by atoms with Gasteiger partial charge in [0.25, 0.3) is 0 Å². The van der Waals surface area contributed by atoms with Crippen LogP contribution in [0.15, 0.2) is 0 Å². The van der Waals surface area contributed by atoms with Crippen LogP contribution >= 0.6 is 0 Å². The standard InChI is InChI=1S/C8H16N2O2/c1-2-12-6-8(11)10-4-3-7(9)5-10/h7H,2-6,9H2,1H3/t7-/m1/s1. The van der Waals surface area contributed by atoms with Crippen LogP contribution in [0.4, 0.5) is 0 Å². The van der Waals surface area contributed by atoms with Crippen LogP contribution < -0.4 is 5.73 Å². The third kappa shape index (κ3) is 2.46. The van der Waals surface area contributed by atoms with E-state index in [9.17, 15) is 4.79 Å². The van der Waals surface area contributed by atoms with Gasteiger partial charge in [0.1, 0.15) is 6.61 Å². The molecule has 0 saturated carbocycles. The Balaban J connectivity index is 2.23. The molecule has 4 heteroatoms. The van der Waals surface area contributed by atoms with Crippen molar-refractivity contribution < 1.29 is 9.53 Å². The number of likely N-dealkylation sites (tertiary alicyclic amines) is 1. The summed E-state index contributed by atoms with van der Waals surface area (Å²) in [6.07, 6.45) is 0.915. The van der Waals surface area contributed by atoms with Crippen molar-refractivity contribution in [1.82, 2.24) is 4.90 Å². The third-order valence-electron chi connectivity index (χ3n) is 2.01. The summed E-state index contributed by atoms with van der Waals surface area (Å²) in [7, 11) is 0. The molecular weight excluding hydrogens is 156 g/mol. The second kappa shape index (κ2) is 4.42. The Morgan fingerprint density at radius 1 is 1.75 bits per heavy atom. The molecule has 1 saturated heterocycles. The number of ether oxygens (including phenoxy) is 1. The minimum absolute atomic E-state index is 0.0600. The zero-order valence-corrected chi connectivity index (χ0v) is 7.45. The minimum Gasteiger partial charge on any atom is -0.372 e. The van der Waals surface area contributed by atoms with Gasteiger partial charge in [0, 0.05) is 25.7 Å². The first kappa shape index (κ1) is 9.48. The lowest BCUT2D eigenvalue weighted by Crippen LogP contribution is -2.34. The fourth-order valence-corrected chi connectivity index (χ4v) is 1.29. The van der Waals surface area contributed by atoms with Gasteiger partial charge >= 0.3 is 0 Å². The topological polar surface area (TPSA) is 55.6 Å². The summed E-state index contributed by atoms with van der Waals surface area (Å²) in [6.45, 7) is 4.14. The molecule has 1 rings (SSSR count). The number of nitrogens with two attached hydrogens (primary N) is 1. The first-order valence-electron chi connectivity index (χ1n) is 4.35. The van der Waals surface area contributed by atoms with E-state index in [2.05, 4.69) is 0 Å². The zero-order chi connectivity index (χ0) is 8.97. The van der Waals surface area contributed by atoms with E-state index in [1.54, 1.807) is 4.90 Å². The summed E-state index contributed by atoms with van der Waals surface area (Å²) in [6, 6.07) is 0.163. The van der Waals surface area contributed by atoms with Crippen LogP contribution in [-0.2, 0) is 9.53 Å². The van der Waals surface area contributed by atoms with Crippen LogP contribution in [0.1, 0.15) is 13.3 Å². The SMILES string of the molecule is CCOCC(=O)N1CC[C@@H](N)C1. The largest absolute Gasteiger partial charge is 0.372 e. The molecule has 0 radical (unpaired) electrons. The first-order chi connectivity index (χ1) is 5.74. The fourth-order valence-electron chi connectivity index (χ4n) is 1.29. The molecule has 12 heavy (non-hydrogen) atoms. The maximum absolute atomic E-state index is 11.3. The van der Waals surface area contributed by atoms with Crippen LogP contribution in [0.25, 0.3) is 0 Å². The highest BCUT2D eigenvalue weighted by atomic mass is 16.5. The summed E-state index contributed by atoms with van der Waals surface area (Å²) in [4.78, 5) is 13.1. The normalized spacial score (nSPS) is 23.2. The predicted molar refractivity (Wildman–Crippen MR) is 45.7 cm³/mol. The first-order valence-corrected chi connectivity index (χ1v) is 4.35. The zero-order valence-electron chi connectivity index (χ0n) is 7.45. The average Bonchev–Trinajstić information content (AvgIpc) is 2.47. The molecule has 0 aromatic heterocycles. The van der Waals surface area contributed by atoms with Crippen molar-refractivity contribution >= 4 is 5.91 Å². The van der Waals surface area contributed by atoms with E-state index in [1.807, 2.05) is 6.92 Å².